The molecule has 3 aromatic carbocycles. The highest BCUT2D eigenvalue weighted by atomic mass is 16.5. The number of amides is 2. The molecule has 7 rings (SSSR count). The van der Waals surface area contributed by atoms with E-state index in [2.05, 4.69) is 31.2 Å². The van der Waals surface area contributed by atoms with E-state index in [1.807, 2.05) is 24.3 Å². The van der Waals surface area contributed by atoms with E-state index in [9.17, 15) is 14.4 Å². The van der Waals surface area contributed by atoms with E-state index < -0.39 is 11.8 Å². The molecule has 206 valence electrons. The number of benzene rings is 3. The molecule has 0 spiro atoms. The van der Waals surface area contributed by atoms with Gasteiger partial charge in [-0.2, -0.15) is 0 Å². The van der Waals surface area contributed by atoms with Crippen molar-refractivity contribution < 1.29 is 19.1 Å². The Morgan fingerprint density at radius 2 is 1.10 bits per heavy atom. The van der Waals surface area contributed by atoms with Gasteiger partial charge in [-0.1, -0.05) is 100 Å². The minimum atomic E-state index is -0.418. The predicted molar refractivity (Wildman–Crippen MR) is 155 cm³/mol. The van der Waals surface area contributed by atoms with Crippen molar-refractivity contribution in [2.75, 3.05) is 11.5 Å². The molecule has 2 amide bonds. The number of hydrogen-bond acceptors (Lipinski definition) is 4. The first-order chi connectivity index (χ1) is 19.6. The predicted octanol–water partition coefficient (Wildman–Crippen LogP) is 7.38. The highest BCUT2D eigenvalue weighted by Gasteiger charge is 2.61. The second-order valence-corrected chi connectivity index (χ2v) is 11.4. The zero-order valence-corrected chi connectivity index (χ0v) is 23.2. The fraction of sp³-hybridized carbons (Fsp3) is 0.400. The summed E-state index contributed by atoms with van der Waals surface area (Å²) >= 11 is 0. The van der Waals surface area contributed by atoms with Gasteiger partial charge in [0.05, 0.1) is 29.7 Å². The molecule has 1 heterocycles. The van der Waals surface area contributed by atoms with Crippen molar-refractivity contribution >= 4 is 23.5 Å². The summed E-state index contributed by atoms with van der Waals surface area (Å²) in [6.45, 7) is 2.63. The second kappa shape index (κ2) is 11.4. The van der Waals surface area contributed by atoms with Gasteiger partial charge in [0, 0.05) is 11.8 Å². The average Bonchev–Trinajstić information content (AvgIpc) is 3.26. The van der Waals surface area contributed by atoms with Gasteiger partial charge in [-0.25, -0.2) is 9.69 Å². The van der Waals surface area contributed by atoms with Crippen LogP contribution in [-0.4, -0.2) is 24.4 Å². The van der Waals surface area contributed by atoms with Crippen LogP contribution in [-0.2, 0) is 14.3 Å². The van der Waals surface area contributed by atoms with E-state index in [1.54, 1.807) is 24.3 Å². The number of imide groups is 1. The van der Waals surface area contributed by atoms with E-state index in [4.69, 9.17) is 4.74 Å². The number of anilines is 1. The zero-order chi connectivity index (χ0) is 27.6. The Kier molecular flexibility index (Phi) is 7.55. The summed E-state index contributed by atoms with van der Waals surface area (Å²) in [6.07, 6.45) is 9.50. The molecular formula is C35H37NO4. The van der Waals surface area contributed by atoms with Crippen LogP contribution in [0.5, 0.6) is 0 Å². The largest absolute Gasteiger partial charge is 0.462 e. The van der Waals surface area contributed by atoms with Gasteiger partial charge >= 0.3 is 5.97 Å². The number of esters is 1. The highest BCUT2D eigenvalue weighted by molar-refractivity contribution is 6.23. The number of unbranched alkanes of at least 4 members (excludes halogenated alkanes) is 7. The summed E-state index contributed by atoms with van der Waals surface area (Å²) < 4.78 is 5.48. The molecule has 0 radical (unpaired) electrons. The fourth-order valence-corrected chi connectivity index (χ4v) is 7.16. The topological polar surface area (TPSA) is 63.7 Å². The number of hydrogen-bond donors (Lipinski definition) is 0. The van der Waals surface area contributed by atoms with Gasteiger partial charge < -0.3 is 4.74 Å². The van der Waals surface area contributed by atoms with Crippen molar-refractivity contribution in [2.24, 2.45) is 11.8 Å². The van der Waals surface area contributed by atoms with Crippen molar-refractivity contribution in [1.82, 2.24) is 0 Å². The molecule has 5 nitrogen and oxygen atoms in total. The second-order valence-electron chi connectivity index (χ2n) is 11.4. The minimum Gasteiger partial charge on any atom is -0.462 e. The third-order valence-electron chi connectivity index (χ3n) is 9.04. The lowest BCUT2D eigenvalue weighted by Gasteiger charge is -2.45. The van der Waals surface area contributed by atoms with E-state index in [0.717, 1.165) is 35.1 Å². The van der Waals surface area contributed by atoms with Crippen molar-refractivity contribution in [3.05, 3.63) is 101 Å². The molecule has 3 aliphatic carbocycles. The Labute approximate surface area is 236 Å². The summed E-state index contributed by atoms with van der Waals surface area (Å²) in [4.78, 5) is 41.7. The fourth-order valence-electron chi connectivity index (χ4n) is 7.16. The summed E-state index contributed by atoms with van der Waals surface area (Å²) in [7, 11) is 0. The van der Waals surface area contributed by atoms with Crippen LogP contribution in [0.2, 0.25) is 0 Å². The molecule has 0 unspecified atom stereocenters. The molecule has 1 fully saturated rings. The van der Waals surface area contributed by atoms with Gasteiger partial charge in [0.1, 0.15) is 0 Å². The van der Waals surface area contributed by atoms with Gasteiger partial charge in [0.25, 0.3) is 0 Å². The van der Waals surface area contributed by atoms with Crippen LogP contribution in [0.3, 0.4) is 0 Å². The summed E-state index contributed by atoms with van der Waals surface area (Å²) in [5.74, 6) is -1.77. The average molecular weight is 536 g/mol. The molecule has 0 aromatic heterocycles. The third-order valence-corrected chi connectivity index (χ3v) is 9.04. The first-order valence-electron chi connectivity index (χ1n) is 14.9. The molecular weight excluding hydrogens is 498 g/mol. The Morgan fingerprint density at radius 3 is 1.57 bits per heavy atom. The maximum absolute atomic E-state index is 13.9. The van der Waals surface area contributed by atoms with E-state index in [1.165, 1.54) is 43.4 Å². The first-order valence-corrected chi connectivity index (χ1v) is 14.9. The summed E-state index contributed by atoms with van der Waals surface area (Å²) in [5.41, 5.74) is 5.57. The normalized spacial score (nSPS) is 22.2. The lowest BCUT2D eigenvalue weighted by molar-refractivity contribution is -0.122. The van der Waals surface area contributed by atoms with E-state index in [-0.39, 0.29) is 29.6 Å². The van der Waals surface area contributed by atoms with E-state index >= 15 is 0 Å². The molecule has 5 heteroatoms. The van der Waals surface area contributed by atoms with Crippen molar-refractivity contribution in [2.45, 2.75) is 70.1 Å². The lowest BCUT2D eigenvalue weighted by atomic mass is 9.55. The maximum atomic E-state index is 13.9. The minimum absolute atomic E-state index is 0.130. The lowest BCUT2D eigenvalue weighted by Crippen LogP contribution is -2.41. The maximum Gasteiger partial charge on any atom is 0.338 e. The number of rotatable bonds is 11. The number of ether oxygens (including phenoxy) is 1. The van der Waals surface area contributed by atoms with Crippen LogP contribution in [0.1, 0.15) is 103 Å². The van der Waals surface area contributed by atoms with Crippen LogP contribution in [0.15, 0.2) is 72.8 Å². The standard InChI is InChI=1S/C35H37NO4/c1-2-3-4-5-6-7-8-13-22-40-35(39)23-18-20-24(21-19-23)36-33(37)31-29-25-14-9-10-15-26(25)30(32(31)34(36)38)28-17-12-11-16-27(28)29/h9-12,14-21,29-32H,2-8,13,22H2,1H3/t29?,30?,31-,32+. The van der Waals surface area contributed by atoms with Crippen LogP contribution < -0.4 is 4.90 Å². The van der Waals surface area contributed by atoms with Crippen LogP contribution in [0.25, 0.3) is 0 Å². The summed E-state index contributed by atoms with van der Waals surface area (Å²) in [6, 6.07) is 23.2. The summed E-state index contributed by atoms with van der Waals surface area (Å²) in [5, 5.41) is 0. The number of carbonyl (C=O) groups excluding carboxylic acids is 3. The molecule has 4 aliphatic rings. The first kappa shape index (κ1) is 26.5. The van der Waals surface area contributed by atoms with E-state index in [0.29, 0.717) is 17.9 Å². The van der Waals surface area contributed by atoms with Crippen LogP contribution >= 0.6 is 0 Å². The van der Waals surface area contributed by atoms with Gasteiger partial charge in [-0.15, -0.1) is 0 Å². The molecule has 3 aromatic rings. The molecule has 0 N–H and O–H groups in total. The Morgan fingerprint density at radius 1 is 0.650 bits per heavy atom. The molecule has 2 atom stereocenters. The van der Waals surface area contributed by atoms with Crippen molar-refractivity contribution in [3.8, 4) is 0 Å². The van der Waals surface area contributed by atoms with Crippen molar-refractivity contribution in [1.29, 1.82) is 0 Å². The van der Waals surface area contributed by atoms with Crippen molar-refractivity contribution in [3.63, 3.8) is 0 Å². The smallest absolute Gasteiger partial charge is 0.338 e. The zero-order valence-electron chi connectivity index (χ0n) is 23.2. The molecule has 0 saturated carbocycles. The molecule has 40 heavy (non-hydrogen) atoms. The number of nitrogens with zero attached hydrogens (tertiary/aromatic N) is 1. The third kappa shape index (κ3) is 4.55. The highest BCUT2D eigenvalue weighted by Crippen LogP contribution is 2.61. The Bertz CT molecular complexity index is 1300. The Balaban J connectivity index is 1.12. The van der Waals surface area contributed by atoms with Gasteiger partial charge in [0.2, 0.25) is 11.8 Å². The molecule has 2 bridgehead atoms. The van der Waals surface area contributed by atoms with Crippen LogP contribution in [0, 0.1) is 11.8 Å². The monoisotopic (exact) mass is 535 g/mol. The SMILES string of the molecule is CCCCCCCCCCOC(=O)c1ccc(N2C(=O)[C@@H]3C4c5ccccc5C(c5ccccc54)[C@@H]3C2=O)cc1. The molecule has 1 aliphatic heterocycles. The van der Waals surface area contributed by atoms with Gasteiger partial charge in [0.15, 0.2) is 0 Å². The van der Waals surface area contributed by atoms with Crippen LogP contribution in [0.4, 0.5) is 5.69 Å². The Hall–Kier alpha value is -3.73. The molecule has 1 saturated heterocycles. The quantitative estimate of drug-likeness (QED) is 0.146. The van der Waals surface area contributed by atoms with Gasteiger partial charge in [-0.3, -0.25) is 9.59 Å². The number of carbonyl (C=O) groups is 3. The van der Waals surface area contributed by atoms with Gasteiger partial charge in [-0.05, 0) is 52.9 Å².